The number of amides is 1. The molecule has 1 saturated carbocycles. The van der Waals surface area contributed by atoms with Crippen molar-refractivity contribution in [3.8, 4) is 0 Å². The van der Waals surface area contributed by atoms with E-state index in [9.17, 15) is 4.79 Å². The summed E-state index contributed by atoms with van der Waals surface area (Å²) < 4.78 is 0. The lowest BCUT2D eigenvalue weighted by Crippen LogP contribution is -2.44. The molecule has 0 aromatic heterocycles. The van der Waals surface area contributed by atoms with E-state index in [1.54, 1.807) is 0 Å². The van der Waals surface area contributed by atoms with Gasteiger partial charge < -0.3 is 10.6 Å². The molecule has 2 rings (SSSR count). The van der Waals surface area contributed by atoms with E-state index in [1.165, 1.54) is 12.8 Å². The molecule has 0 radical (unpaired) electrons. The van der Waals surface area contributed by atoms with Crippen LogP contribution in [0, 0.1) is 5.41 Å². The van der Waals surface area contributed by atoms with Crippen LogP contribution in [0.25, 0.3) is 0 Å². The fraction of sp³-hybridized carbons (Fsp3) is 0.588. The Morgan fingerprint density at radius 3 is 2.35 bits per heavy atom. The summed E-state index contributed by atoms with van der Waals surface area (Å²) in [4.78, 5) is 14.4. The van der Waals surface area contributed by atoms with Gasteiger partial charge in [-0.1, -0.05) is 44.2 Å². The monoisotopic (exact) mass is 274 g/mol. The van der Waals surface area contributed by atoms with Crippen LogP contribution in [0.15, 0.2) is 30.3 Å². The van der Waals surface area contributed by atoms with E-state index in [1.807, 2.05) is 42.3 Å². The number of nitrogens with zero attached hydrogens (tertiary/aromatic N) is 1. The van der Waals surface area contributed by atoms with Crippen LogP contribution in [-0.4, -0.2) is 23.9 Å². The van der Waals surface area contributed by atoms with Crippen molar-refractivity contribution in [3.63, 3.8) is 0 Å². The first kappa shape index (κ1) is 15.0. The van der Waals surface area contributed by atoms with Crippen molar-refractivity contribution in [2.45, 2.75) is 51.6 Å². The number of likely N-dealkylation sites (N-methyl/N-ethyl adjacent to an activating group) is 1. The number of benzene rings is 1. The molecule has 0 aliphatic heterocycles. The summed E-state index contributed by atoms with van der Waals surface area (Å²) in [7, 11) is 1.90. The van der Waals surface area contributed by atoms with Gasteiger partial charge in [0.25, 0.3) is 0 Å². The minimum Gasteiger partial charge on any atom is -0.341 e. The smallest absolute Gasteiger partial charge is 0.244 e. The molecule has 3 heteroatoms. The Hall–Kier alpha value is -1.35. The fourth-order valence-corrected chi connectivity index (χ4v) is 2.97. The lowest BCUT2D eigenvalue weighted by Gasteiger charge is -2.39. The highest BCUT2D eigenvalue weighted by atomic mass is 16.2. The molecule has 0 saturated heterocycles. The molecule has 20 heavy (non-hydrogen) atoms. The van der Waals surface area contributed by atoms with Crippen molar-refractivity contribution in [1.29, 1.82) is 0 Å². The molecule has 1 aromatic carbocycles. The average molecular weight is 274 g/mol. The van der Waals surface area contributed by atoms with Crippen molar-refractivity contribution < 1.29 is 4.79 Å². The first-order valence-corrected chi connectivity index (χ1v) is 7.48. The van der Waals surface area contributed by atoms with Gasteiger partial charge in [0.05, 0.1) is 0 Å². The van der Waals surface area contributed by atoms with E-state index in [-0.39, 0.29) is 5.91 Å². The van der Waals surface area contributed by atoms with E-state index in [4.69, 9.17) is 5.73 Å². The van der Waals surface area contributed by atoms with E-state index < -0.39 is 6.04 Å². The standard InChI is InChI=1S/C17H26N2O/c1-17(2)11-9-14(10-12-17)19(3)16(20)15(18)13-7-5-4-6-8-13/h4-8,14-15H,9-12,18H2,1-3H3. The van der Waals surface area contributed by atoms with Crippen LogP contribution in [0.3, 0.4) is 0 Å². The zero-order chi connectivity index (χ0) is 14.8. The Morgan fingerprint density at radius 1 is 1.25 bits per heavy atom. The lowest BCUT2D eigenvalue weighted by atomic mass is 9.75. The molecule has 1 aliphatic rings. The second-order valence-corrected chi connectivity index (χ2v) is 6.73. The molecule has 110 valence electrons. The molecule has 0 spiro atoms. The molecule has 1 unspecified atom stereocenters. The molecular formula is C17H26N2O. The third-order valence-electron chi connectivity index (χ3n) is 4.63. The summed E-state index contributed by atoms with van der Waals surface area (Å²) in [6.45, 7) is 4.61. The van der Waals surface area contributed by atoms with Gasteiger partial charge in [-0.15, -0.1) is 0 Å². The Balaban J connectivity index is 1.99. The topological polar surface area (TPSA) is 46.3 Å². The zero-order valence-corrected chi connectivity index (χ0v) is 12.8. The Bertz CT molecular complexity index is 445. The van der Waals surface area contributed by atoms with Gasteiger partial charge in [-0.25, -0.2) is 0 Å². The Kier molecular flexibility index (Phi) is 4.48. The van der Waals surface area contributed by atoms with Gasteiger partial charge >= 0.3 is 0 Å². The summed E-state index contributed by atoms with van der Waals surface area (Å²) in [5.74, 6) is 0.0286. The first-order valence-electron chi connectivity index (χ1n) is 7.48. The molecule has 2 N–H and O–H groups in total. The van der Waals surface area contributed by atoms with Gasteiger partial charge in [-0.05, 0) is 36.7 Å². The van der Waals surface area contributed by atoms with Gasteiger partial charge in [0.1, 0.15) is 6.04 Å². The summed E-state index contributed by atoms with van der Waals surface area (Å²) in [5, 5.41) is 0. The molecule has 0 heterocycles. The molecule has 1 fully saturated rings. The number of rotatable bonds is 3. The molecule has 1 atom stereocenters. The van der Waals surface area contributed by atoms with Gasteiger partial charge in [-0.3, -0.25) is 4.79 Å². The van der Waals surface area contributed by atoms with Gasteiger partial charge in [0.15, 0.2) is 0 Å². The first-order chi connectivity index (χ1) is 9.41. The predicted octanol–water partition coefficient (Wildman–Crippen LogP) is 3.11. The molecular weight excluding hydrogens is 248 g/mol. The van der Waals surface area contributed by atoms with E-state index in [2.05, 4.69) is 13.8 Å². The Labute approximate surface area is 122 Å². The zero-order valence-electron chi connectivity index (χ0n) is 12.8. The normalized spacial score (nSPS) is 20.4. The van der Waals surface area contributed by atoms with Crippen LogP contribution in [0.4, 0.5) is 0 Å². The highest BCUT2D eigenvalue weighted by Gasteiger charge is 2.32. The second-order valence-electron chi connectivity index (χ2n) is 6.73. The highest BCUT2D eigenvalue weighted by molar-refractivity contribution is 5.83. The van der Waals surface area contributed by atoms with Crippen LogP contribution < -0.4 is 5.73 Å². The average Bonchev–Trinajstić information content (AvgIpc) is 2.46. The van der Waals surface area contributed by atoms with Gasteiger partial charge in [-0.2, -0.15) is 0 Å². The van der Waals surface area contributed by atoms with Crippen molar-refractivity contribution >= 4 is 5.91 Å². The largest absolute Gasteiger partial charge is 0.341 e. The number of nitrogens with two attached hydrogens (primary N) is 1. The molecule has 1 amide bonds. The summed E-state index contributed by atoms with van der Waals surface area (Å²) >= 11 is 0. The Morgan fingerprint density at radius 2 is 1.80 bits per heavy atom. The van der Waals surface area contributed by atoms with Gasteiger partial charge in [0.2, 0.25) is 5.91 Å². The summed E-state index contributed by atoms with van der Waals surface area (Å²) in [6.07, 6.45) is 4.51. The quantitative estimate of drug-likeness (QED) is 0.920. The van der Waals surface area contributed by atoms with E-state index in [0.29, 0.717) is 11.5 Å². The van der Waals surface area contributed by atoms with Crippen molar-refractivity contribution in [3.05, 3.63) is 35.9 Å². The minimum atomic E-state index is -0.545. The van der Waals surface area contributed by atoms with E-state index in [0.717, 1.165) is 18.4 Å². The van der Waals surface area contributed by atoms with Crippen LogP contribution in [0.1, 0.15) is 51.1 Å². The van der Waals surface area contributed by atoms with Crippen molar-refractivity contribution in [2.24, 2.45) is 11.1 Å². The minimum absolute atomic E-state index is 0.0286. The molecule has 0 bridgehead atoms. The summed E-state index contributed by atoms with van der Waals surface area (Å²) in [5.41, 5.74) is 7.42. The van der Waals surface area contributed by atoms with Gasteiger partial charge in [0, 0.05) is 13.1 Å². The van der Waals surface area contributed by atoms with Crippen molar-refractivity contribution in [1.82, 2.24) is 4.90 Å². The van der Waals surface area contributed by atoms with Crippen LogP contribution in [0.5, 0.6) is 0 Å². The number of carbonyl (C=O) groups is 1. The van der Waals surface area contributed by atoms with Crippen LogP contribution in [-0.2, 0) is 4.79 Å². The number of hydrogen-bond donors (Lipinski definition) is 1. The maximum Gasteiger partial charge on any atom is 0.244 e. The van der Waals surface area contributed by atoms with Crippen LogP contribution in [0.2, 0.25) is 0 Å². The molecule has 1 aliphatic carbocycles. The predicted molar refractivity (Wildman–Crippen MR) is 82.2 cm³/mol. The number of hydrogen-bond acceptors (Lipinski definition) is 2. The maximum absolute atomic E-state index is 12.5. The van der Waals surface area contributed by atoms with E-state index >= 15 is 0 Å². The highest BCUT2D eigenvalue weighted by Crippen LogP contribution is 2.36. The lowest BCUT2D eigenvalue weighted by molar-refractivity contribution is -0.134. The maximum atomic E-state index is 12.5. The number of carbonyl (C=O) groups excluding carboxylic acids is 1. The van der Waals surface area contributed by atoms with Crippen LogP contribution >= 0.6 is 0 Å². The molecule has 1 aromatic rings. The fourth-order valence-electron chi connectivity index (χ4n) is 2.97. The summed E-state index contributed by atoms with van der Waals surface area (Å²) in [6, 6.07) is 9.41. The van der Waals surface area contributed by atoms with Crippen molar-refractivity contribution in [2.75, 3.05) is 7.05 Å². The SMILES string of the molecule is CN(C(=O)C(N)c1ccccc1)C1CCC(C)(C)CC1. The third-order valence-corrected chi connectivity index (χ3v) is 4.63. The molecule has 3 nitrogen and oxygen atoms in total. The second kappa shape index (κ2) is 5.96. The third kappa shape index (κ3) is 3.40.